The Balaban J connectivity index is 2.15. The summed E-state index contributed by atoms with van der Waals surface area (Å²) in [4.78, 5) is 23.0. The summed E-state index contributed by atoms with van der Waals surface area (Å²) < 4.78 is 10.8. The third-order valence-corrected chi connectivity index (χ3v) is 2.48. The van der Waals surface area contributed by atoms with Gasteiger partial charge in [0.2, 0.25) is 5.91 Å². The normalized spacial score (nSPS) is 12.7. The number of ketones is 1. The molecule has 1 aromatic rings. The van der Waals surface area contributed by atoms with Crippen molar-refractivity contribution in [2.24, 2.45) is 0 Å². The van der Waals surface area contributed by atoms with Crippen molar-refractivity contribution in [3.8, 4) is 11.5 Å². The van der Waals surface area contributed by atoms with Crippen LogP contribution in [0.25, 0.3) is 0 Å². The van der Waals surface area contributed by atoms with Gasteiger partial charge in [0.05, 0.1) is 12.1 Å². The van der Waals surface area contributed by atoms with Crippen molar-refractivity contribution in [1.29, 1.82) is 0 Å². The predicted molar refractivity (Wildman–Crippen MR) is 65.0 cm³/mol. The minimum absolute atomic E-state index is 0.0926. The maximum atomic E-state index is 12.0. The maximum absolute atomic E-state index is 12.0. The second-order valence-corrected chi connectivity index (χ2v) is 3.67. The van der Waals surface area contributed by atoms with Crippen molar-refractivity contribution >= 4 is 11.7 Å². The molecule has 1 amide bonds. The van der Waals surface area contributed by atoms with Crippen LogP contribution in [0.2, 0.25) is 0 Å². The number of amides is 1. The summed E-state index contributed by atoms with van der Waals surface area (Å²) in [6.07, 6.45) is 1.12. The van der Waals surface area contributed by atoms with E-state index in [2.05, 4.69) is 11.9 Å². The number of hydrogen-bond acceptors (Lipinski definition) is 4. The van der Waals surface area contributed by atoms with Gasteiger partial charge in [-0.3, -0.25) is 9.59 Å². The van der Waals surface area contributed by atoms with Gasteiger partial charge in [0.1, 0.15) is 13.2 Å². The molecule has 1 aliphatic heterocycles. The van der Waals surface area contributed by atoms with E-state index in [1.165, 1.54) is 0 Å². The van der Waals surface area contributed by atoms with Crippen LogP contribution in [0.5, 0.6) is 11.5 Å². The summed E-state index contributed by atoms with van der Waals surface area (Å²) in [6, 6.07) is 5.11. The molecule has 5 heteroatoms. The molecule has 0 saturated heterocycles. The Hall–Kier alpha value is -2.30. The second kappa shape index (κ2) is 5.35. The molecule has 0 saturated carbocycles. The Labute approximate surface area is 104 Å². The van der Waals surface area contributed by atoms with Crippen LogP contribution in [0.4, 0.5) is 0 Å². The quantitative estimate of drug-likeness (QED) is 0.635. The van der Waals surface area contributed by atoms with Gasteiger partial charge in [-0.25, -0.2) is 0 Å². The van der Waals surface area contributed by atoms with Crippen LogP contribution in [-0.2, 0) is 4.79 Å². The van der Waals surface area contributed by atoms with E-state index in [1.807, 2.05) is 0 Å². The van der Waals surface area contributed by atoms with Crippen LogP contribution in [0.15, 0.2) is 30.9 Å². The molecule has 0 fully saturated rings. The van der Waals surface area contributed by atoms with Gasteiger partial charge in [0.15, 0.2) is 17.3 Å². The molecule has 0 bridgehead atoms. The number of hydrogen-bond donors (Lipinski definition) is 1. The average Bonchev–Trinajstić information content (AvgIpc) is 2.43. The number of Topliss-reactive ketones (excluding diaryl/α,β-unsaturated/α-hetero) is 1. The smallest absolute Gasteiger partial charge is 0.243 e. The molecule has 0 radical (unpaired) electrons. The van der Waals surface area contributed by atoms with Gasteiger partial charge < -0.3 is 14.8 Å². The summed E-state index contributed by atoms with van der Waals surface area (Å²) in [7, 11) is 0. The largest absolute Gasteiger partial charge is 0.486 e. The van der Waals surface area contributed by atoms with Gasteiger partial charge in [0.25, 0.3) is 0 Å². The maximum Gasteiger partial charge on any atom is 0.243 e. The van der Waals surface area contributed by atoms with Gasteiger partial charge >= 0.3 is 0 Å². The van der Waals surface area contributed by atoms with Crippen LogP contribution in [0.3, 0.4) is 0 Å². The third kappa shape index (κ3) is 2.51. The number of ether oxygens (including phenoxy) is 2. The van der Waals surface area contributed by atoms with Gasteiger partial charge in [-0.2, -0.15) is 0 Å². The molecule has 0 unspecified atom stereocenters. The summed E-state index contributed by atoms with van der Waals surface area (Å²) in [5, 5.41) is 2.43. The molecule has 0 aliphatic carbocycles. The molecular weight excluding hydrogens is 234 g/mol. The number of nitrogens with one attached hydrogen (secondary N) is 1. The Morgan fingerprint density at radius 2 is 2.11 bits per heavy atom. The molecule has 94 valence electrons. The summed E-state index contributed by atoms with van der Waals surface area (Å²) >= 11 is 0. The fourth-order valence-electron chi connectivity index (χ4n) is 1.63. The SMILES string of the molecule is C=CC(=O)NCC(=O)c1cccc2c1OCCO2. The highest BCUT2D eigenvalue weighted by Crippen LogP contribution is 2.33. The lowest BCUT2D eigenvalue weighted by molar-refractivity contribution is -0.116. The molecule has 1 aliphatic rings. The van der Waals surface area contributed by atoms with E-state index in [0.29, 0.717) is 30.3 Å². The first kappa shape index (κ1) is 12.2. The van der Waals surface area contributed by atoms with Crippen molar-refractivity contribution < 1.29 is 19.1 Å². The highest BCUT2D eigenvalue weighted by atomic mass is 16.6. The topological polar surface area (TPSA) is 64.6 Å². The second-order valence-electron chi connectivity index (χ2n) is 3.67. The van der Waals surface area contributed by atoms with E-state index in [9.17, 15) is 9.59 Å². The molecule has 5 nitrogen and oxygen atoms in total. The zero-order valence-electron chi connectivity index (χ0n) is 9.77. The van der Waals surface area contributed by atoms with Crippen LogP contribution < -0.4 is 14.8 Å². The van der Waals surface area contributed by atoms with Crippen LogP contribution in [0.1, 0.15) is 10.4 Å². The molecule has 1 N–H and O–H groups in total. The lowest BCUT2D eigenvalue weighted by Crippen LogP contribution is -2.28. The molecule has 1 aromatic carbocycles. The van der Waals surface area contributed by atoms with E-state index in [-0.39, 0.29) is 18.2 Å². The van der Waals surface area contributed by atoms with E-state index in [1.54, 1.807) is 18.2 Å². The first-order valence-corrected chi connectivity index (χ1v) is 5.54. The molecular formula is C13H13NO4. The highest BCUT2D eigenvalue weighted by molar-refractivity contribution is 6.03. The van der Waals surface area contributed by atoms with E-state index in [4.69, 9.17) is 9.47 Å². The Kier molecular flexibility index (Phi) is 3.62. The Morgan fingerprint density at radius 3 is 2.89 bits per heavy atom. The lowest BCUT2D eigenvalue weighted by Gasteiger charge is -2.20. The monoisotopic (exact) mass is 247 g/mol. The Bertz CT molecular complexity index is 496. The van der Waals surface area contributed by atoms with Gasteiger partial charge in [-0.15, -0.1) is 0 Å². The van der Waals surface area contributed by atoms with E-state index < -0.39 is 0 Å². The third-order valence-electron chi connectivity index (χ3n) is 2.48. The zero-order valence-corrected chi connectivity index (χ0v) is 9.77. The Morgan fingerprint density at radius 1 is 1.33 bits per heavy atom. The van der Waals surface area contributed by atoms with Crippen molar-refractivity contribution in [2.45, 2.75) is 0 Å². The molecule has 0 aromatic heterocycles. The lowest BCUT2D eigenvalue weighted by atomic mass is 10.1. The van der Waals surface area contributed by atoms with Crippen LogP contribution >= 0.6 is 0 Å². The highest BCUT2D eigenvalue weighted by Gasteiger charge is 2.20. The van der Waals surface area contributed by atoms with Crippen LogP contribution in [0, 0.1) is 0 Å². The molecule has 0 spiro atoms. The fourth-order valence-corrected chi connectivity index (χ4v) is 1.63. The molecule has 2 rings (SSSR count). The number of carbonyl (C=O) groups is 2. The number of para-hydroxylation sites is 1. The van der Waals surface area contributed by atoms with Crippen molar-refractivity contribution in [2.75, 3.05) is 19.8 Å². The molecule has 0 atom stereocenters. The molecule has 1 heterocycles. The predicted octanol–water partition coefficient (Wildman–Crippen LogP) is 0.943. The summed E-state index contributed by atoms with van der Waals surface area (Å²) in [6.45, 7) is 4.10. The first-order chi connectivity index (χ1) is 8.72. The van der Waals surface area contributed by atoms with E-state index in [0.717, 1.165) is 6.08 Å². The van der Waals surface area contributed by atoms with E-state index >= 15 is 0 Å². The van der Waals surface area contributed by atoms with Crippen molar-refractivity contribution in [1.82, 2.24) is 5.32 Å². The minimum Gasteiger partial charge on any atom is -0.486 e. The number of benzene rings is 1. The van der Waals surface area contributed by atoms with Crippen molar-refractivity contribution in [3.63, 3.8) is 0 Å². The zero-order chi connectivity index (χ0) is 13.0. The van der Waals surface area contributed by atoms with Crippen molar-refractivity contribution in [3.05, 3.63) is 36.4 Å². The number of fused-ring (bicyclic) bond motifs is 1. The summed E-state index contributed by atoms with van der Waals surface area (Å²) in [5.74, 6) is 0.390. The van der Waals surface area contributed by atoms with Gasteiger partial charge in [-0.05, 0) is 18.2 Å². The standard InChI is InChI=1S/C13H13NO4/c1-2-12(16)14-8-10(15)9-4-3-5-11-13(9)18-7-6-17-11/h2-5H,1,6-8H2,(H,14,16). The summed E-state index contributed by atoms with van der Waals surface area (Å²) in [5.41, 5.74) is 0.413. The van der Waals surface area contributed by atoms with Gasteiger partial charge in [0, 0.05) is 0 Å². The number of rotatable bonds is 4. The minimum atomic E-state index is -0.384. The first-order valence-electron chi connectivity index (χ1n) is 5.54. The number of carbonyl (C=O) groups excluding carboxylic acids is 2. The van der Waals surface area contributed by atoms with Crippen LogP contribution in [-0.4, -0.2) is 31.4 Å². The average molecular weight is 247 g/mol. The fraction of sp³-hybridized carbons (Fsp3) is 0.231. The van der Waals surface area contributed by atoms with Gasteiger partial charge in [-0.1, -0.05) is 12.6 Å². The molecule has 18 heavy (non-hydrogen) atoms.